The first-order valence-corrected chi connectivity index (χ1v) is 4.13. The normalized spacial score (nSPS) is 10.2. The Labute approximate surface area is 78.4 Å². The van der Waals surface area contributed by atoms with Crippen LogP contribution in [0.3, 0.4) is 0 Å². The Morgan fingerprint density at radius 2 is 1.85 bits per heavy atom. The predicted molar refractivity (Wildman–Crippen MR) is 54.7 cm³/mol. The fourth-order valence-electron chi connectivity index (χ4n) is 0.917. The molecule has 0 fully saturated rings. The zero-order valence-corrected chi connectivity index (χ0v) is 7.66. The van der Waals surface area contributed by atoms with Crippen molar-refractivity contribution < 1.29 is 4.79 Å². The maximum atomic E-state index is 11.4. The lowest BCUT2D eigenvalue weighted by molar-refractivity contribution is 0.104. The van der Waals surface area contributed by atoms with E-state index in [1.807, 2.05) is 25.1 Å². The quantitative estimate of drug-likeness (QED) is 0.389. The van der Waals surface area contributed by atoms with E-state index in [9.17, 15) is 4.79 Å². The van der Waals surface area contributed by atoms with Crippen molar-refractivity contribution in [2.45, 2.75) is 6.92 Å². The Morgan fingerprint density at radius 3 is 2.38 bits per heavy atom. The Balaban J connectivity index is 2.76. The summed E-state index contributed by atoms with van der Waals surface area (Å²) < 4.78 is 0. The van der Waals surface area contributed by atoms with Crippen molar-refractivity contribution in [3.63, 3.8) is 0 Å². The lowest BCUT2D eigenvalue weighted by atomic mass is 10.1. The number of ketones is 1. The van der Waals surface area contributed by atoms with Crippen LogP contribution in [0.2, 0.25) is 0 Å². The van der Waals surface area contributed by atoms with Gasteiger partial charge in [0, 0.05) is 5.56 Å². The van der Waals surface area contributed by atoms with Crippen LogP contribution in [-0.4, -0.2) is 5.78 Å². The van der Waals surface area contributed by atoms with Crippen LogP contribution in [0.5, 0.6) is 0 Å². The zero-order chi connectivity index (χ0) is 9.68. The molecule has 66 valence electrons. The number of benzene rings is 1. The summed E-state index contributed by atoms with van der Waals surface area (Å²) in [6.45, 7) is 5.54. The van der Waals surface area contributed by atoms with Gasteiger partial charge in [0.15, 0.2) is 5.78 Å². The van der Waals surface area contributed by atoms with Crippen LogP contribution < -0.4 is 0 Å². The maximum Gasteiger partial charge on any atom is 0.185 e. The average Bonchev–Trinajstić information content (AvgIpc) is 2.15. The van der Waals surface area contributed by atoms with Crippen LogP contribution in [0.15, 0.2) is 54.6 Å². The SMILES string of the molecule is C=C(C)/C=C/C(=O)c1ccccc1. The minimum atomic E-state index is 0.0172. The van der Waals surface area contributed by atoms with E-state index in [-0.39, 0.29) is 5.78 Å². The van der Waals surface area contributed by atoms with Gasteiger partial charge in [0.2, 0.25) is 0 Å². The molecule has 0 aliphatic carbocycles. The van der Waals surface area contributed by atoms with E-state index in [1.54, 1.807) is 18.2 Å². The lowest BCUT2D eigenvalue weighted by Gasteiger charge is -1.93. The summed E-state index contributed by atoms with van der Waals surface area (Å²) >= 11 is 0. The Kier molecular flexibility index (Phi) is 3.21. The van der Waals surface area contributed by atoms with Crippen LogP contribution in [-0.2, 0) is 0 Å². The van der Waals surface area contributed by atoms with Gasteiger partial charge in [-0.1, -0.05) is 48.6 Å². The second kappa shape index (κ2) is 4.41. The van der Waals surface area contributed by atoms with Crippen molar-refractivity contribution in [3.8, 4) is 0 Å². The molecule has 1 nitrogen and oxygen atoms in total. The van der Waals surface area contributed by atoms with Crippen molar-refractivity contribution >= 4 is 5.78 Å². The van der Waals surface area contributed by atoms with Crippen LogP contribution in [0.25, 0.3) is 0 Å². The third kappa shape index (κ3) is 3.08. The number of hydrogen-bond donors (Lipinski definition) is 0. The van der Waals surface area contributed by atoms with E-state index in [2.05, 4.69) is 6.58 Å². The molecule has 1 aromatic rings. The van der Waals surface area contributed by atoms with E-state index in [0.717, 1.165) is 5.57 Å². The van der Waals surface area contributed by atoms with Gasteiger partial charge in [0.25, 0.3) is 0 Å². The summed E-state index contributed by atoms with van der Waals surface area (Å²) in [5.41, 5.74) is 1.59. The molecule has 0 heterocycles. The summed E-state index contributed by atoms with van der Waals surface area (Å²) in [5.74, 6) is 0.0172. The van der Waals surface area contributed by atoms with Crippen LogP contribution >= 0.6 is 0 Å². The fraction of sp³-hybridized carbons (Fsp3) is 0.0833. The molecule has 0 aliphatic rings. The van der Waals surface area contributed by atoms with Crippen molar-refractivity contribution in [2.75, 3.05) is 0 Å². The standard InChI is InChI=1S/C12H12O/c1-10(2)8-9-12(13)11-6-4-3-5-7-11/h3-9H,1H2,2H3/b9-8+. The molecule has 0 atom stereocenters. The molecule has 0 amide bonds. The molecule has 0 bridgehead atoms. The van der Waals surface area contributed by atoms with Gasteiger partial charge < -0.3 is 0 Å². The Bertz CT molecular complexity index is 333. The van der Waals surface area contributed by atoms with E-state index < -0.39 is 0 Å². The third-order valence-electron chi connectivity index (χ3n) is 1.58. The molecule has 0 aromatic heterocycles. The molecule has 0 radical (unpaired) electrons. The molecule has 0 unspecified atom stereocenters. The van der Waals surface area contributed by atoms with Crippen LogP contribution in [0.4, 0.5) is 0 Å². The van der Waals surface area contributed by atoms with Crippen molar-refractivity contribution in [1.29, 1.82) is 0 Å². The maximum absolute atomic E-state index is 11.4. The highest BCUT2D eigenvalue weighted by Gasteiger charge is 1.97. The van der Waals surface area contributed by atoms with Gasteiger partial charge in [0.1, 0.15) is 0 Å². The van der Waals surface area contributed by atoms with E-state index >= 15 is 0 Å². The number of hydrogen-bond acceptors (Lipinski definition) is 1. The molecule has 1 aromatic carbocycles. The highest BCUT2D eigenvalue weighted by molar-refractivity contribution is 6.04. The summed E-state index contributed by atoms with van der Waals surface area (Å²) in [4.78, 5) is 11.4. The smallest absolute Gasteiger partial charge is 0.185 e. The second-order valence-corrected chi connectivity index (χ2v) is 2.91. The highest BCUT2D eigenvalue weighted by atomic mass is 16.1. The monoisotopic (exact) mass is 172 g/mol. The highest BCUT2D eigenvalue weighted by Crippen LogP contribution is 2.01. The minimum Gasteiger partial charge on any atom is -0.289 e. The summed E-state index contributed by atoms with van der Waals surface area (Å²) in [5, 5.41) is 0. The first-order valence-electron chi connectivity index (χ1n) is 4.13. The topological polar surface area (TPSA) is 17.1 Å². The minimum absolute atomic E-state index is 0.0172. The van der Waals surface area contributed by atoms with Crippen LogP contribution in [0, 0.1) is 0 Å². The molecule has 0 N–H and O–H groups in total. The number of allylic oxidation sites excluding steroid dienone is 3. The van der Waals surface area contributed by atoms with Gasteiger partial charge in [-0.05, 0) is 13.0 Å². The van der Waals surface area contributed by atoms with Crippen molar-refractivity contribution in [3.05, 3.63) is 60.2 Å². The summed E-state index contributed by atoms with van der Waals surface area (Å²) in [6.07, 6.45) is 3.26. The molecule has 1 rings (SSSR count). The largest absolute Gasteiger partial charge is 0.289 e. The van der Waals surface area contributed by atoms with Gasteiger partial charge in [-0.2, -0.15) is 0 Å². The van der Waals surface area contributed by atoms with Crippen molar-refractivity contribution in [1.82, 2.24) is 0 Å². The fourth-order valence-corrected chi connectivity index (χ4v) is 0.917. The molecular weight excluding hydrogens is 160 g/mol. The lowest BCUT2D eigenvalue weighted by Crippen LogP contribution is -1.92. The zero-order valence-electron chi connectivity index (χ0n) is 7.66. The molecule has 0 spiro atoms. The molecular formula is C12H12O. The second-order valence-electron chi connectivity index (χ2n) is 2.91. The molecule has 0 saturated heterocycles. The van der Waals surface area contributed by atoms with E-state index in [4.69, 9.17) is 0 Å². The number of carbonyl (C=O) groups is 1. The summed E-state index contributed by atoms with van der Waals surface area (Å²) in [6, 6.07) is 9.18. The van der Waals surface area contributed by atoms with Gasteiger partial charge in [0.05, 0.1) is 0 Å². The predicted octanol–water partition coefficient (Wildman–Crippen LogP) is 3.00. The summed E-state index contributed by atoms with van der Waals surface area (Å²) in [7, 11) is 0. The van der Waals surface area contributed by atoms with Gasteiger partial charge in [-0.25, -0.2) is 0 Å². The average molecular weight is 172 g/mol. The third-order valence-corrected chi connectivity index (χ3v) is 1.58. The van der Waals surface area contributed by atoms with Gasteiger partial charge >= 0.3 is 0 Å². The van der Waals surface area contributed by atoms with Crippen molar-refractivity contribution in [2.24, 2.45) is 0 Å². The van der Waals surface area contributed by atoms with E-state index in [1.165, 1.54) is 6.08 Å². The number of rotatable bonds is 3. The first kappa shape index (κ1) is 9.46. The molecule has 13 heavy (non-hydrogen) atoms. The van der Waals surface area contributed by atoms with Gasteiger partial charge in [-0.15, -0.1) is 0 Å². The Hall–Kier alpha value is -1.63. The Morgan fingerprint density at radius 1 is 1.23 bits per heavy atom. The first-order chi connectivity index (χ1) is 6.20. The molecule has 0 aliphatic heterocycles. The van der Waals surface area contributed by atoms with Crippen LogP contribution in [0.1, 0.15) is 17.3 Å². The molecule has 1 heteroatoms. The van der Waals surface area contributed by atoms with Gasteiger partial charge in [-0.3, -0.25) is 4.79 Å². The van der Waals surface area contributed by atoms with E-state index in [0.29, 0.717) is 5.56 Å². The molecule has 0 saturated carbocycles. The number of carbonyl (C=O) groups excluding carboxylic acids is 1.